The molecule has 1 aromatic rings. The number of aromatic nitrogens is 1. The first-order valence-electron chi connectivity index (χ1n) is 5.02. The molecule has 0 aromatic carbocycles. The van der Waals surface area contributed by atoms with Crippen molar-refractivity contribution in [2.24, 2.45) is 5.41 Å². The second kappa shape index (κ2) is 4.31. The molecule has 0 spiro atoms. The Kier molecular flexibility index (Phi) is 3.31. The van der Waals surface area contributed by atoms with Crippen molar-refractivity contribution in [3.8, 4) is 6.07 Å². The fraction of sp³-hybridized carbons (Fsp3) is 0.500. The van der Waals surface area contributed by atoms with Crippen LogP contribution < -0.4 is 0 Å². The standard InChI is InChI=1S/C12H16N2O/c1-10(15)11-4-6-14(8-11)7-5-12(2,3)9-13/h4,6,8H,5,7H2,1-3H3. The van der Waals surface area contributed by atoms with E-state index in [-0.39, 0.29) is 11.2 Å². The zero-order valence-electron chi connectivity index (χ0n) is 9.45. The van der Waals surface area contributed by atoms with Crippen molar-refractivity contribution in [2.45, 2.75) is 33.7 Å². The number of carbonyl (C=O) groups excluding carboxylic acids is 1. The number of nitrogens with zero attached hydrogens (tertiary/aromatic N) is 2. The maximum absolute atomic E-state index is 11.1. The first kappa shape index (κ1) is 11.5. The van der Waals surface area contributed by atoms with Crippen LogP contribution >= 0.6 is 0 Å². The van der Waals surface area contributed by atoms with E-state index in [0.29, 0.717) is 0 Å². The monoisotopic (exact) mass is 204 g/mol. The van der Waals surface area contributed by atoms with E-state index in [4.69, 9.17) is 5.26 Å². The molecule has 0 atom stereocenters. The molecule has 0 unspecified atom stereocenters. The van der Waals surface area contributed by atoms with Gasteiger partial charge in [0.05, 0.1) is 11.5 Å². The van der Waals surface area contributed by atoms with Crippen molar-refractivity contribution in [3.05, 3.63) is 24.0 Å². The lowest BCUT2D eigenvalue weighted by atomic mass is 9.91. The Morgan fingerprint density at radius 1 is 1.60 bits per heavy atom. The van der Waals surface area contributed by atoms with E-state index in [2.05, 4.69) is 6.07 Å². The van der Waals surface area contributed by atoms with Gasteiger partial charge in [0.25, 0.3) is 0 Å². The van der Waals surface area contributed by atoms with Crippen molar-refractivity contribution in [3.63, 3.8) is 0 Å². The van der Waals surface area contributed by atoms with Gasteiger partial charge in [-0.25, -0.2) is 0 Å². The minimum Gasteiger partial charge on any atom is -0.353 e. The molecule has 0 fully saturated rings. The number of carbonyl (C=O) groups is 1. The lowest BCUT2D eigenvalue weighted by Gasteiger charge is -2.14. The summed E-state index contributed by atoms with van der Waals surface area (Å²) < 4.78 is 1.95. The minimum absolute atomic E-state index is 0.0771. The van der Waals surface area contributed by atoms with Crippen LogP contribution in [0.15, 0.2) is 18.5 Å². The second-order valence-electron chi connectivity index (χ2n) is 4.44. The molecular weight excluding hydrogens is 188 g/mol. The Balaban J connectivity index is 2.60. The highest BCUT2D eigenvalue weighted by Crippen LogP contribution is 2.19. The van der Waals surface area contributed by atoms with Crippen molar-refractivity contribution in [1.29, 1.82) is 5.26 Å². The molecule has 1 aromatic heterocycles. The van der Waals surface area contributed by atoms with Crippen LogP contribution in [0.25, 0.3) is 0 Å². The molecule has 1 rings (SSSR count). The van der Waals surface area contributed by atoms with Gasteiger partial charge >= 0.3 is 0 Å². The van der Waals surface area contributed by atoms with Gasteiger partial charge < -0.3 is 4.57 Å². The number of hydrogen-bond donors (Lipinski definition) is 0. The fourth-order valence-corrected chi connectivity index (χ4v) is 1.25. The number of ketones is 1. The molecule has 0 aliphatic carbocycles. The molecule has 0 amide bonds. The lowest BCUT2D eigenvalue weighted by Crippen LogP contribution is -2.11. The molecule has 0 saturated carbocycles. The Morgan fingerprint density at radius 3 is 2.73 bits per heavy atom. The molecule has 0 radical (unpaired) electrons. The summed E-state index contributed by atoms with van der Waals surface area (Å²) in [7, 11) is 0. The molecular formula is C12H16N2O. The third-order valence-electron chi connectivity index (χ3n) is 2.45. The first-order chi connectivity index (χ1) is 6.94. The average molecular weight is 204 g/mol. The zero-order chi connectivity index (χ0) is 11.5. The van der Waals surface area contributed by atoms with Gasteiger partial charge in [0.15, 0.2) is 5.78 Å². The van der Waals surface area contributed by atoms with Crippen LogP contribution in [0.2, 0.25) is 0 Å². The van der Waals surface area contributed by atoms with E-state index < -0.39 is 0 Å². The fourth-order valence-electron chi connectivity index (χ4n) is 1.25. The normalized spacial score (nSPS) is 11.1. The third kappa shape index (κ3) is 3.25. The van der Waals surface area contributed by atoms with E-state index in [1.807, 2.05) is 36.9 Å². The van der Waals surface area contributed by atoms with E-state index in [0.717, 1.165) is 18.5 Å². The lowest BCUT2D eigenvalue weighted by molar-refractivity contribution is 0.101. The molecule has 80 valence electrons. The van der Waals surface area contributed by atoms with E-state index in [1.54, 1.807) is 6.92 Å². The predicted molar refractivity (Wildman–Crippen MR) is 58.4 cm³/mol. The van der Waals surface area contributed by atoms with Crippen LogP contribution in [0.3, 0.4) is 0 Å². The van der Waals surface area contributed by atoms with Crippen molar-refractivity contribution in [2.75, 3.05) is 0 Å². The van der Waals surface area contributed by atoms with Gasteiger partial charge in [-0.2, -0.15) is 5.26 Å². The largest absolute Gasteiger partial charge is 0.353 e. The predicted octanol–water partition coefficient (Wildman–Crippen LogP) is 2.63. The summed E-state index contributed by atoms with van der Waals surface area (Å²) in [6.45, 7) is 6.16. The van der Waals surface area contributed by atoms with Crippen LogP contribution in [0.4, 0.5) is 0 Å². The second-order valence-corrected chi connectivity index (χ2v) is 4.44. The number of nitriles is 1. The minimum atomic E-state index is -0.305. The maximum atomic E-state index is 11.1. The molecule has 3 nitrogen and oxygen atoms in total. The van der Waals surface area contributed by atoms with Crippen LogP contribution in [0.5, 0.6) is 0 Å². The number of aryl methyl sites for hydroxylation is 1. The van der Waals surface area contributed by atoms with Crippen molar-refractivity contribution in [1.82, 2.24) is 4.57 Å². The Labute approximate surface area is 90.3 Å². The molecule has 15 heavy (non-hydrogen) atoms. The molecule has 3 heteroatoms. The number of hydrogen-bond acceptors (Lipinski definition) is 2. The summed E-state index contributed by atoms with van der Waals surface area (Å²) in [4.78, 5) is 11.1. The smallest absolute Gasteiger partial charge is 0.161 e. The Hall–Kier alpha value is -1.56. The van der Waals surface area contributed by atoms with Crippen LogP contribution in [-0.4, -0.2) is 10.4 Å². The van der Waals surface area contributed by atoms with Gasteiger partial charge in [0, 0.05) is 24.5 Å². The highest BCUT2D eigenvalue weighted by Gasteiger charge is 2.16. The van der Waals surface area contributed by atoms with Gasteiger partial charge in [-0.15, -0.1) is 0 Å². The quantitative estimate of drug-likeness (QED) is 0.708. The topological polar surface area (TPSA) is 45.8 Å². The SMILES string of the molecule is CC(=O)c1ccn(CCC(C)(C)C#N)c1. The molecule has 0 aliphatic heterocycles. The summed E-state index contributed by atoms with van der Waals surface area (Å²) in [5.74, 6) is 0.0771. The maximum Gasteiger partial charge on any atom is 0.161 e. The van der Waals surface area contributed by atoms with Gasteiger partial charge in [-0.3, -0.25) is 4.79 Å². The highest BCUT2D eigenvalue weighted by molar-refractivity contribution is 5.93. The summed E-state index contributed by atoms with van der Waals surface area (Å²) in [6, 6.07) is 4.07. The van der Waals surface area contributed by atoms with Crippen molar-refractivity contribution < 1.29 is 4.79 Å². The summed E-state index contributed by atoms with van der Waals surface area (Å²) in [6.07, 6.45) is 4.50. The van der Waals surface area contributed by atoms with E-state index >= 15 is 0 Å². The first-order valence-corrected chi connectivity index (χ1v) is 5.02. The van der Waals surface area contributed by atoms with Crippen LogP contribution in [0, 0.1) is 16.7 Å². The van der Waals surface area contributed by atoms with Gasteiger partial charge in [0.2, 0.25) is 0 Å². The van der Waals surface area contributed by atoms with Gasteiger partial charge in [-0.1, -0.05) is 0 Å². The highest BCUT2D eigenvalue weighted by atomic mass is 16.1. The zero-order valence-corrected chi connectivity index (χ0v) is 9.45. The van der Waals surface area contributed by atoms with E-state index in [9.17, 15) is 4.79 Å². The summed E-state index contributed by atoms with van der Waals surface area (Å²) in [5.41, 5.74) is 0.422. The van der Waals surface area contributed by atoms with Gasteiger partial charge in [0.1, 0.15) is 0 Å². The van der Waals surface area contributed by atoms with Gasteiger partial charge in [-0.05, 0) is 33.3 Å². The third-order valence-corrected chi connectivity index (χ3v) is 2.45. The molecule has 0 saturated heterocycles. The molecule has 1 heterocycles. The number of Topliss-reactive ketones (excluding diaryl/α,β-unsaturated/α-hetero) is 1. The molecule has 0 N–H and O–H groups in total. The average Bonchev–Trinajstić information content (AvgIpc) is 2.63. The number of rotatable bonds is 4. The summed E-state index contributed by atoms with van der Waals surface area (Å²) >= 11 is 0. The van der Waals surface area contributed by atoms with Crippen LogP contribution in [0.1, 0.15) is 37.6 Å². The van der Waals surface area contributed by atoms with Crippen LogP contribution in [-0.2, 0) is 6.54 Å². The molecule has 0 bridgehead atoms. The van der Waals surface area contributed by atoms with E-state index in [1.165, 1.54) is 0 Å². The Bertz CT molecular complexity index is 396. The summed E-state index contributed by atoms with van der Waals surface area (Å²) in [5, 5.41) is 8.85. The molecule has 0 aliphatic rings. The Morgan fingerprint density at radius 2 is 2.27 bits per heavy atom. The van der Waals surface area contributed by atoms with Crippen molar-refractivity contribution >= 4 is 5.78 Å².